The molecule has 1 aliphatic carbocycles. The number of anilines is 3. The minimum Gasteiger partial charge on any atom is -0.311 e. The van der Waals surface area contributed by atoms with Crippen molar-refractivity contribution in [2.24, 2.45) is 0 Å². The van der Waals surface area contributed by atoms with Crippen LogP contribution in [0.15, 0.2) is 158 Å². The topological polar surface area (TPSA) is 3.24 Å². The summed E-state index contributed by atoms with van der Waals surface area (Å²) in [7, 11) is 11.3. The molecule has 0 fully saturated rings. The molecule has 1 nitrogen and oxygen atoms in total. The van der Waals surface area contributed by atoms with Crippen molar-refractivity contribution in [3.05, 3.63) is 169 Å². The van der Waals surface area contributed by atoms with Crippen LogP contribution in [0.4, 0.5) is 17.1 Å². The molecular weight excluding hydrogens is 645 g/mol. The van der Waals surface area contributed by atoms with Gasteiger partial charge in [-0.2, -0.15) is 0 Å². The molecule has 8 aromatic rings. The first kappa shape index (κ1) is 33.7. The van der Waals surface area contributed by atoms with Crippen molar-refractivity contribution in [1.29, 1.82) is 0 Å². The van der Waals surface area contributed by atoms with E-state index in [0.29, 0.717) is 0 Å². The highest BCUT2D eigenvalue weighted by Crippen LogP contribution is 2.42. The maximum Gasteiger partial charge on any atom is 0.139 e. The molecule has 1 aliphatic rings. The zero-order valence-electron chi connectivity index (χ0n) is 31.6. The number of hydrogen-bond acceptors (Lipinski definition) is 1. The van der Waals surface area contributed by atoms with Crippen LogP contribution in [-0.2, 0) is 0 Å². The van der Waals surface area contributed by atoms with Gasteiger partial charge >= 0.3 is 0 Å². The van der Waals surface area contributed by atoms with Gasteiger partial charge in [0.1, 0.15) is 39.2 Å². The molecule has 0 amide bonds. The molecule has 0 N–H and O–H groups in total. The van der Waals surface area contributed by atoms with E-state index in [0.717, 1.165) is 17.1 Å². The van der Waals surface area contributed by atoms with Gasteiger partial charge < -0.3 is 4.90 Å². The van der Waals surface area contributed by atoms with Gasteiger partial charge in [0, 0.05) is 17.1 Å². The predicted octanol–water partition coefficient (Wildman–Crippen LogP) is 4.75. The Hall–Kier alpha value is -6.12. The van der Waals surface area contributed by atoms with E-state index in [9.17, 15) is 0 Å². The molecule has 0 saturated carbocycles. The Morgan fingerprint density at radius 2 is 0.778 bits per heavy atom. The molecule has 8 aromatic carbocycles. The van der Waals surface area contributed by atoms with Crippen LogP contribution >= 0.6 is 0 Å². The smallest absolute Gasteiger partial charge is 0.139 e. The predicted molar refractivity (Wildman–Crippen MR) is 250 cm³/mol. The van der Waals surface area contributed by atoms with Crippen molar-refractivity contribution in [2.75, 3.05) is 4.90 Å². The van der Waals surface area contributed by atoms with Gasteiger partial charge in [-0.3, -0.25) is 0 Å². The van der Waals surface area contributed by atoms with Gasteiger partial charge in [0.15, 0.2) is 0 Å². The molecule has 250 valence electrons. The maximum atomic E-state index is 2.38. The molecule has 54 heavy (non-hydrogen) atoms. The van der Waals surface area contributed by atoms with Crippen LogP contribution in [0.2, 0.25) is 0 Å². The first-order chi connectivity index (χ1) is 26.4. The van der Waals surface area contributed by atoms with E-state index in [4.69, 9.17) is 0 Å². The highest BCUT2D eigenvalue weighted by atomic mass is 15.1. The van der Waals surface area contributed by atoms with Crippen LogP contribution < -0.4 is 32.2 Å². The summed E-state index contributed by atoms with van der Waals surface area (Å²) in [5.41, 5.74) is 22.8. The fourth-order valence-electron chi connectivity index (χ4n) is 8.43. The monoisotopic (exact) mass is 683 g/mol. The average Bonchev–Trinajstić information content (AvgIpc) is 3.65. The zero-order valence-corrected chi connectivity index (χ0v) is 31.6. The number of hydrogen-bond donors (Lipinski definition) is 0. The first-order valence-electron chi connectivity index (χ1n) is 18.9. The van der Waals surface area contributed by atoms with Crippen molar-refractivity contribution >= 4 is 107 Å². The largest absolute Gasteiger partial charge is 0.311 e. The summed E-state index contributed by atoms with van der Waals surface area (Å²) in [5.74, 6) is 0. The fourth-order valence-corrected chi connectivity index (χ4v) is 8.43. The van der Waals surface area contributed by atoms with Gasteiger partial charge in [-0.25, -0.2) is 0 Å². The zero-order chi connectivity index (χ0) is 36.9. The van der Waals surface area contributed by atoms with Crippen molar-refractivity contribution < 1.29 is 0 Å². The van der Waals surface area contributed by atoms with Gasteiger partial charge in [-0.15, -0.1) is 16.4 Å². The molecule has 0 spiro atoms. The van der Waals surface area contributed by atoms with E-state index in [2.05, 4.69) is 214 Å². The Balaban J connectivity index is 1.12. The maximum absolute atomic E-state index is 2.38. The molecule has 0 atom stereocenters. The van der Waals surface area contributed by atoms with Gasteiger partial charge in [0.05, 0.1) is 0 Å². The molecule has 0 saturated heterocycles. The second kappa shape index (κ2) is 13.7. The Labute approximate surface area is 323 Å². The van der Waals surface area contributed by atoms with Crippen LogP contribution in [-0.4, -0.2) is 39.2 Å². The lowest BCUT2D eigenvalue weighted by Gasteiger charge is -2.27. The summed E-state index contributed by atoms with van der Waals surface area (Å²) in [6.07, 6.45) is 4.51. The minimum absolute atomic E-state index is 1.12. The van der Waals surface area contributed by atoms with Gasteiger partial charge in [-0.05, 0) is 115 Å². The highest BCUT2D eigenvalue weighted by Gasteiger charge is 2.18. The van der Waals surface area contributed by atoms with Gasteiger partial charge in [0.25, 0.3) is 0 Å². The normalized spacial score (nSPS) is 11.6. The molecule has 6 heteroatoms. The van der Waals surface area contributed by atoms with Crippen molar-refractivity contribution in [1.82, 2.24) is 0 Å². The lowest BCUT2D eigenvalue weighted by molar-refractivity contribution is 1.28. The quantitative estimate of drug-likeness (QED) is 0.220. The van der Waals surface area contributed by atoms with Crippen LogP contribution in [0.25, 0.3) is 67.4 Å². The lowest BCUT2D eigenvalue weighted by atomic mass is 9.60. The number of nitrogens with zero attached hydrogens (tertiary/aromatic N) is 1. The van der Waals surface area contributed by atoms with Crippen molar-refractivity contribution in [2.45, 2.75) is 0 Å². The average molecular weight is 683 g/mol. The fraction of sp³-hybridized carbons (Fsp3) is 0. The number of rotatable bonds is 7. The van der Waals surface area contributed by atoms with Gasteiger partial charge in [0.2, 0.25) is 0 Å². The molecule has 0 heterocycles. The molecule has 0 radical (unpaired) electrons. The SMILES string of the molecule is Bc1c(B)c(B)c(-c2ccc(N(c3ccc(-c4ccccc4)cc3)c3ccc(-c4cc5c6c(ccc(-c7ccccc7)c6c4)C=C5)cc3)cc2)c(B)c1B. The Kier molecular flexibility index (Phi) is 8.55. The summed E-state index contributed by atoms with van der Waals surface area (Å²) in [6, 6.07) is 57.8. The summed E-state index contributed by atoms with van der Waals surface area (Å²) >= 11 is 0. The lowest BCUT2D eigenvalue weighted by Crippen LogP contribution is -2.55. The number of benzene rings is 8. The highest BCUT2D eigenvalue weighted by molar-refractivity contribution is 6.68. The van der Waals surface area contributed by atoms with E-state index in [-0.39, 0.29) is 0 Å². The third-order valence-corrected chi connectivity index (χ3v) is 11.8. The van der Waals surface area contributed by atoms with Crippen LogP contribution in [0.1, 0.15) is 11.1 Å². The van der Waals surface area contributed by atoms with E-state index in [1.54, 1.807) is 0 Å². The summed E-state index contributed by atoms with van der Waals surface area (Å²) in [6.45, 7) is 0. The van der Waals surface area contributed by atoms with E-state index in [1.165, 1.54) is 93.7 Å². The van der Waals surface area contributed by atoms with Crippen LogP contribution in [0.3, 0.4) is 0 Å². The third-order valence-electron chi connectivity index (χ3n) is 11.8. The Morgan fingerprint density at radius 1 is 0.333 bits per heavy atom. The van der Waals surface area contributed by atoms with Crippen LogP contribution in [0.5, 0.6) is 0 Å². The minimum atomic E-state index is 1.12. The standard InChI is InChI=1S/C48H38B5N/c49-44-43(45(50)47(52)48(53)46(44)51)34-17-24-39(25-18-34)54(37-20-13-30(14-21-37)29-7-3-1-4-8-29)38-22-15-31(16-23-38)36-27-35-12-11-33-19-26-40(41(28-36)42(33)35)32-9-5-2-6-10-32/h1-28H,49-53H2. The summed E-state index contributed by atoms with van der Waals surface area (Å²) < 4.78 is 0. The second-order valence-corrected chi connectivity index (χ2v) is 14.7. The summed E-state index contributed by atoms with van der Waals surface area (Å²) in [5, 5.41) is 2.64. The van der Waals surface area contributed by atoms with Crippen LogP contribution in [0, 0.1) is 0 Å². The van der Waals surface area contributed by atoms with E-state index in [1.807, 2.05) is 0 Å². The molecule has 0 unspecified atom stereocenters. The van der Waals surface area contributed by atoms with Crippen molar-refractivity contribution in [3.63, 3.8) is 0 Å². The van der Waals surface area contributed by atoms with Gasteiger partial charge in [-0.1, -0.05) is 132 Å². The van der Waals surface area contributed by atoms with E-state index < -0.39 is 0 Å². The molecule has 9 rings (SSSR count). The molecule has 0 aliphatic heterocycles. The first-order valence-corrected chi connectivity index (χ1v) is 18.9. The Morgan fingerprint density at radius 3 is 1.33 bits per heavy atom. The summed E-state index contributed by atoms with van der Waals surface area (Å²) in [4.78, 5) is 2.37. The third kappa shape index (κ3) is 5.83. The molecule has 0 aromatic heterocycles. The Bertz CT molecular complexity index is 2690. The van der Waals surface area contributed by atoms with E-state index >= 15 is 0 Å². The second-order valence-electron chi connectivity index (χ2n) is 14.7. The van der Waals surface area contributed by atoms with Crippen molar-refractivity contribution in [3.8, 4) is 44.5 Å². The molecule has 0 bridgehead atoms. The molecular formula is C48H38B5N.